The SMILES string of the molecule is CCN=C1CCC/C1=C/c1cccc(O)c1. The van der Waals surface area contributed by atoms with Crippen molar-refractivity contribution in [2.75, 3.05) is 6.54 Å². The van der Waals surface area contributed by atoms with Gasteiger partial charge in [-0.1, -0.05) is 12.1 Å². The van der Waals surface area contributed by atoms with Crippen LogP contribution in [0.1, 0.15) is 31.7 Å². The highest BCUT2D eigenvalue weighted by atomic mass is 16.3. The van der Waals surface area contributed by atoms with Gasteiger partial charge in [-0.2, -0.15) is 0 Å². The van der Waals surface area contributed by atoms with Gasteiger partial charge in [0.15, 0.2) is 0 Å². The van der Waals surface area contributed by atoms with Crippen molar-refractivity contribution in [2.24, 2.45) is 4.99 Å². The highest BCUT2D eigenvalue weighted by molar-refractivity contribution is 6.05. The van der Waals surface area contributed by atoms with Crippen LogP contribution < -0.4 is 0 Å². The van der Waals surface area contributed by atoms with Gasteiger partial charge in [0.2, 0.25) is 0 Å². The van der Waals surface area contributed by atoms with Crippen LogP contribution in [0.4, 0.5) is 0 Å². The van der Waals surface area contributed by atoms with Crippen LogP contribution in [0, 0.1) is 0 Å². The Morgan fingerprint density at radius 1 is 1.38 bits per heavy atom. The molecule has 0 bridgehead atoms. The molecule has 1 aliphatic carbocycles. The predicted molar refractivity (Wildman–Crippen MR) is 67.9 cm³/mol. The molecule has 1 saturated carbocycles. The number of nitrogens with zero attached hydrogens (tertiary/aromatic N) is 1. The second-order valence-electron chi connectivity index (χ2n) is 4.04. The molecule has 2 rings (SSSR count). The molecule has 0 unspecified atom stereocenters. The fourth-order valence-corrected chi connectivity index (χ4v) is 2.09. The molecular formula is C14H17NO. The molecule has 0 spiro atoms. The van der Waals surface area contributed by atoms with Crippen molar-refractivity contribution in [2.45, 2.75) is 26.2 Å². The summed E-state index contributed by atoms with van der Waals surface area (Å²) in [6.07, 6.45) is 5.54. The molecule has 1 aromatic carbocycles. The zero-order chi connectivity index (χ0) is 11.4. The molecule has 1 aliphatic rings. The van der Waals surface area contributed by atoms with E-state index in [0.29, 0.717) is 5.75 Å². The van der Waals surface area contributed by atoms with Crippen molar-refractivity contribution >= 4 is 11.8 Å². The number of phenols is 1. The number of hydrogen-bond donors (Lipinski definition) is 1. The summed E-state index contributed by atoms with van der Waals surface area (Å²) in [6, 6.07) is 7.36. The van der Waals surface area contributed by atoms with Crippen LogP contribution in [0.3, 0.4) is 0 Å². The van der Waals surface area contributed by atoms with Crippen LogP contribution in [0.5, 0.6) is 5.75 Å². The Labute approximate surface area is 96.3 Å². The van der Waals surface area contributed by atoms with Gasteiger partial charge < -0.3 is 5.11 Å². The summed E-state index contributed by atoms with van der Waals surface area (Å²) in [5.41, 5.74) is 3.62. The molecule has 2 heteroatoms. The first-order valence-corrected chi connectivity index (χ1v) is 5.83. The molecule has 2 nitrogen and oxygen atoms in total. The molecule has 0 heterocycles. The minimum absolute atomic E-state index is 0.321. The molecule has 84 valence electrons. The van der Waals surface area contributed by atoms with E-state index in [0.717, 1.165) is 24.9 Å². The van der Waals surface area contributed by atoms with Crippen molar-refractivity contribution in [1.82, 2.24) is 0 Å². The van der Waals surface area contributed by atoms with Crippen molar-refractivity contribution < 1.29 is 5.11 Å². The van der Waals surface area contributed by atoms with Gasteiger partial charge in [-0.05, 0) is 55.5 Å². The Balaban J connectivity index is 2.27. The van der Waals surface area contributed by atoms with Crippen molar-refractivity contribution in [1.29, 1.82) is 0 Å². The first-order valence-electron chi connectivity index (χ1n) is 5.83. The van der Waals surface area contributed by atoms with E-state index in [2.05, 4.69) is 18.0 Å². The van der Waals surface area contributed by atoms with Gasteiger partial charge >= 0.3 is 0 Å². The first-order chi connectivity index (χ1) is 7.79. The standard InChI is InChI=1S/C14H17NO/c1-2-15-14-8-4-6-12(14)9-11-5-3-7-13(16)10-11/h3,5,7,9-10,16H,2,4,6,8H2,1H3/b12-9-,15-14?. The average Bonchev–Trinajstić information content (AvgIpc) is 2.66. The van der Waals surface area contributed by atoms with Gasteiger partial charge in [-0.15, -0.1) is 0 Å². The third kappa shape index (κ3) is 2.51. The summed E-state index contributed by atoms with van der Waals surface area (Å²) in [7, 11) is 0. The lowest BCUT2D eigenvalue weighted by molar-refractivity contribution is 0.475. The summed E-state index contributed by atoms with van der Waals surface area (Å²) in [4.78, 5) is 4.51. The molecule has 1 fully saturated rings. The lowest BCUT2D eigenvalue weighted by Gasteiger charge is -2.01. The van der Waals surface area contributed by atoms with Gasteiger partial charge in [-0.3, -0.25) is 4.99 Å². The number of aliphatic imine (C=N–C) groups is 1. The molecule has 0 aromatic heterocycles. The molecule has 16 heavy (non-hydrogen) atoms. The average molecular weight is 215 g/mol. The Morgan fingerprint density at radius 2 is 2.25 bits per heavy atom. The maximum Gasteiger partial charge on any atom is 0.116 e. The van der Waals surface area contributed by atoms with Gasteiger partial charge in [-0.25, -0.2) is 0 Å². The monoisotopic (exact) mass is 215 g/mol. The molecule has 0 aliphatic heterocycles. The number of allylic oxidation sites excluding steroid dienone is 1. The third-order valence-corrected chi connectivity index (χ3v) is 2.79. The zero-order valence-corrected chi connectivity index (χ0v) is 9.61. The van der Waals surface area contributed by atoms with Crippen molar-refractivity contribution in [3.05, 3.63) is 35.4 Å². The lowest BCUT2D eigenvalue weighted by atomic mass is 10.1. The van der Waals surface area contributed by atoms with Crippen molar-refractivity contribution in [3.8, 4) is 5.75 Å². The highest BCUT2D eigenvalue weighted by Crippen LogP contribution is 2.25. The zero-order valence-electron chi connectivity index (χ0n) is 9.61. The molecule has 0 saturated heterocycles. The maximum absolute atomic E-state index is 9.40. The second-order valence-corrected chi connectivity index (χ2v) is 4.04. The molecule has 1 aromatic rings. The van der Waals surface area contributed by atoms with Crippen LogP contribution in [0.15, 0.2) is 34.8 Å². The molecule has 0 atom stereocenters. The minimum Gasteiger partial charge on any atom is -0.508 e. The predicted octanol–water partition coefficient (Wildman–Crippen LogP) is 3.42. The summed E-state index contributed by atoms with van der Waals surface area (Å²) in [5, 5.41) is 9.40. The van der Waals surface area contributed by atoms with Crippen LogP contribution in [0.25, 0.3) is 6.08 Å². The molecule has 1 N–H and O–H groups in total. The Kier molecular flexibility index (Phi) is 3.40. The quantitative estimate of drug-likeness (QED) is 0.805. The highest BCUT2D eigenvalue weighted by Gasteiger charge is 2.14. The van der Waals surface area contributed by atoms with E-state index in [4.69, 9.17) is 0 Å². The second kappa shape index (κ2) is 4.97. The first kappa shape index (κ1) is 10.9. The van der Waals surface area contributed by atoms with Crippen LogP contribution in [-0.4, -0.2) is 17.4 Å². The number of benzene rings is 1. The van der Waals surface area contributed by atoms with Crippen LogP contribution >= 0.6 is 0 Å². The largest absolute Gasteiger partial charge is 0.508 e. The van der Waals surface area contributed by atoms with Crippen LogP contribution in [0.2, 0.25) is 0 Å². The summed E-state index contributed by atoms with van der Waals surface area (Å²) >= 11 is 0. The van der Waals surface area contributed by atoms with Crippen LogP contribution in [-0.2, 0) is 0 Å². The van der Waals surface area contributed by atoms with Gasteiger partial charge in [0, 0.05) is 12.3 Å². The molecule has 0 radical (unpaired) electrons. The van der Waals surface area contributed by atoms with E-state index < -0.39 is 0 Å². The van der Waals surface area contributed by atoms with Gasteiger partial charge in [0.25, 0.3) is 0 Å². The summed E-state index contributed by atoms with van der Waals surface area (Å²) in [5.74, 6) is 0.321. The normalized spacial score (nSPS) is 20.8. The minimum atomic E-state index is 0.321. The van der Waals surface area contributed by atoms with E-state index in [9.17, 15) is 5.11 Å². The number of hydrogen-bond acceptors (Lipinski definition) is 2. The summed E-state index contributed by atoms with van der Waals surface area (Å²) < 4.78 is 0. The van der Waals surface area contributed by atoms with Crippen molar-refractivity contribution in [3.63, 3.8) is 0 Å². The summed E-state index contributed by atoms with van der Waals surface area (Å²) in [6.45, 7) is 2.92. The lowest BCUT2D eigenvalue weighted by Crippen LogP contribution is -1.94. The molecular weight excluding hydrogens is 198 g/mol. The van der Waals surface area contributed by atoms with Gasteiger partial charge in [0.1, 0.15) is 5.75 Å². The van der Waals surface area contributed by atoms with E-state index >= 15 is 0 Å². The van der Waals surface area contributed by atoms with E-state index in [1.54, 1.807) is 12.1 Å². The Bertz CT molecular complexity index is 432. The van der Waals surface area contributed by atoms with E-state index in [-0.39, 0.29) is 0 Å². The Hall–Kier alpha value is -1.57. The smallest absolute Gasteiger partial charge is 0.116 e. The number of phenolic OH excluding ortho intramolecular Hbond substituents is 1. The Morgan fingerprint density at radius 3 is 3.00 bits per heavy atom. The third-order valence-electron chi connectivity index (χ3n) is 2.79. The molecule has 0 amide bonds. The number of aromatic hydroxyl groups is 1. The maximum atomic E-state index is 9.40. The van der Waals surface area contributed by atoms with Gasteiger partial charge in [0.05, 0.1) is 0 Å². The van der Waals surface area contributed by atoms with E-state index in [1.807, 2.05) is 12.1 Å². The number of rotatable bonds is 2. The fourth-order valence-electron chi connectivity index (χ4n) is 2.09. The fraction of sp³-hybridized carbons (Fsp3) is 0.357. The topological polar surface area (TPSA) is 32.6 Å². The van der Waals surface area contributed by atoms with E-state index in [1.165, 1.54) is 17.7 Å².